The fourth-order valence-electron chi connectivity index (χ4n) is 2.75. The molecule has 0 fully saturated rings. The van der Waals surface area contributed by atoms with Crippen molar-refractivity contribution >= 4 is 33.4 Å². The Balaban J connectivity index is 2.00. The van der Waals surface area contributed by atoms with Gasteiger partial charge in [0.2, 0.25) is 10.0 Å². The van der Waals surface area contributed by atoms with Crippen molar-refractivity contribution in [3.05, 3.63) is 59.1 Å². The molecule has 0 saturated carbocycles. The Morgan fingerprint density at radius 1 is 1.13 bits per heavy atom. The molecule has 31 heavy (non-hydrogen) atoms. The first-order valence-corrected chi connectivity index (χ1v) is 12.1. The predicted octanol–water partition coefficient (Wildman–Crippen LogP) is 4.64. The van der Waals surface area contributed by atoms with E-state index in [9.17, 15) is 21.6 Å². The van der Waals surface area contributed by atoms with Gasteiger partial charge in [-0.05, 0) is 43.8 Å². The number of thioether (sulfide) groups is 1. The predicted molar refractivity (Wildman–Crippen MR) is 115 cm³/mol. The molecule has 166 valence electrons. The molecule has 6 nitrogen and oxygen atoms in total. The molecule has 1 N–H and O–H groups in total. The molecule has 0 radical (unpaired) electrons. The Kier molecular flexibility index (Phi) is 7.30. The summed E-state index contributed by atoms with van der Waals surface area (Å²) in [6.07, 6.45) is -4.19. The van der Waals surface area contributed by atoms with E-state index < -0.39 is 21.8 Å². The van der Waals surface area contributed by atoms with Crippen LogP contribution in [0.1, 0.15) is 12.0 Å². The van der Waals surface area contributed by atoms with Gasteiger partial charge in [0.05, 0.1) is 22.0 Å². The normalized spacial score (nSPS) is 12.3. The summed E-state index contributed by atoms with van der Waals surface area (Å²) in [4.78, 5) is 0. The summed E-state index contributed by atoms with van der Waals surface area (Å²) in [5.74, 6) is 0.585. The second-order valence-corrected chi connectivity index (χ2v) is 9.91. The Bertz CT molecular complexity index is 1170. The van der Waals surface area contributed by atoms with Crippen LogP contribution in [-0.2, 0) is 16.2 Å². The topological polar surface area (TPSA) is 76.9 Å². The highest BCUT2D eigenvalue weighted by Crippen LogP contribution is 2.35. The molecular weight excluding hydrogens is 473 g/mol. The van der Waals surface area contributed by atoms with Crippen molar-refractivity contribution in [1.82, 2.24) is 19.5 Å². The van der Waals surface area contributed by atoms with Crippen LogP contribution in [0.15, 0.2) is 53.7 Å². The molecule has 1 heterocycles. The maximum absolute atomic E-state index is 13.3. The lowest BCUT2D eigenvalue weighted by molar-refractivity contribution is -0.137. The van der Waals surface area contributed by atoms with Crippen molar-refractivity contribution in [3.63, 3.8) is 0 Å². The van der Waals surface area contributed by atoms with Crippen LogP contribution in [0, 0.1) is 0 Å². The van der Waals surface area contributed by atoms with Gasteiger partial charge in [-0.15, -0.1) is 10.2 Å². The van der Waals surface area contributed by atoms with E-state index in [0.29, 0.717) is 27.9 Å². The SMILES string of the molecule is CNS(=O)(=O)CCCSc1nnc(-c2ccccc2Cl)n1-c1cccc(C(F)(F)F)c1. The van der Waals surface area contributed by atoms with Gasteiger partial charge in [0.15, 0.2) is 11.0 Å². The lowest BCUT2D eigenvalue weighted by atomic mass is 10.1. The first-order chi connectivity index (χ1) is 14.6. The minimum atomic E-state index is -4.51. The molecule has 0 bridgehead atoms. The van der Waals surface area contributed by atoms with Gasteiger partial charge in [-0.1, -0.05) is 41.6 Å². The van der Waals surface area contributed by atoms with Crippen LogP contribution < -0.4 is 4.72 Å². The van der Waals surface area contributed by atoms with Crippen molar-refractivity contribution in [1.29, 1.82) is 0 Å². The zero-order chi connectivity index (χ0) is 22.6. The summed E-state index contributed by atoms with van der Waals surface area (Å²) in [5.41, 5.74) is -0.0707. The second kappa shape index (κ2) is 9.60. The highest BCUT2D eigenvalue weighted by molar-refractivity contribution is 7.99. The number of hydrogen-bond acceptors (Lipinski definition) is 5. The number of nitrogens with one attached hydrogen (secondary N) is 1. The van der Waals surface area contributed by atoms with Crippen molar-refractivity contribution in [3.8, 4) is 17.1 Å². The fraction of sp³-hybridized carbons (Fsp3) is 0.263. The van der Waals surface area contributed by atoms with E-state index in [0.717, 1.165) is 12.1 Å². The smallest absolute Gasteiger partial charge is 0.270 e. The number of benzene rings is 2. The molecule has 0 saturated heterocycles. The molecule has 1 aromatic heterocycles. The van der Waals surface area contributed by atoms with E-state index in [4.69, 9.17) is 11.6 Å². The Labute approximate surface area is 186 Å². The Hall–Kier alpha value is -2.08. The summed E-state index contributed by atoms with van der Waals surface area (Å²) in [7, 11) is -2.01. The second-order valence-electron chi connectivity index (χ2n) is 6.39. The zero-order valence-electron chi connectivity index (χ0n) is 16.2. The standard InChI is InChI=1S/C19H18ClF3N4O2S2/c1-24-31(28,29)11-5-10-30-18-26-25-17(15-8-2-3-9-16(15)20)27(18)14-7-4-6-13(12-14)19(21,22)23/h2-4,6-9,12,24H,5,10-11H2,1H3. The largest absolute Gasteiger partial charge is 0.416 e. The van der Waals surface area contributed by atoms with E-state index in [-0.39, 0.29) is 17.3 Å². The van der Waals surface area contributed by atoms with Gasteiger partial charge in [0.1, 0.15) is 0 Å². The molecule has 0 aliphatic heterocycles. The van der Waals surface area contributed by atoms with Gasteiger partial charge in [-0.25, -0.2) is 13.1 Å². The van der Waals surface area contributed by atoms with Crippen molar-refractivity contribution in [2.24, 2.45) is 0 Å². The van der Waals surface area contributed by atoms with Crippen LogP contribution in [0.25, 0.3) is 17.1 Å². The van der Waals surface area contributed by atoms with E-state index in [1.165, 1.54) is 35.5 Å². The number of alkyl halides is 3. The number of rotatable bonds is 8. The maximum Gasteiger partial charge on any atom is 0.416 e. The van der Waals surface area contributed by atoms with Crippen molar-refractivity contribution in [2.75, 3.05) is 18.6 Å². The molecule has 0 aliphatic carbocycles. The van der Waals surface area contributed by atoms with E-state index in [1.807, 2.05) is 0 Å². The molecule has 0 unspecified atom stereocenters. The van der Waals surface area contributed by atoms with Gasteiger partial charge >= 0.3 is 6.18 Å². The average Bonchev–Trinajstić information content (AvgIpc) is 3.14. The van der Waals surface area contributed by atoms with Gasteiger partial charge in [-0.2, -0.15) is 13.2 Å². The highest BCUT2D eigenvalue weighted by atomic mass is 35.5. The molecule has 0 aliphatic rings. The third-order valence-electron chi connectivity index (χ3n) is 4.28. The molecular formula is C19H18ClF3N4O2S2. The minimum absolute atomic E-state index is 0.0778. The van der Waals surface area contributed by atoms with E-state index in [1.54, 1.807) is 24.3 Å². The molecule has 0 spiro atoms. The van der Waals surface area contributed by atoms with Crippen LogP contribution in [0.2, 0.25) is 5.02 Å². The number of nitrogens with zero attached hydrogens (tertiary/aromatic N) is 3. The number of sulfonamides is 1. The molecule has 0 atom stereocenters. The Morgan fingerprint density at radius 3 is 2.55 bits per heavy atom. The van der Waals surface area contributed by atoms with Crippen LogP contribution in [0.3, 0.4) is 0 Å². The van der Waals surface area contributed by atoms with E-state index >= 15 is 0 Å². The molecule has 0 amide bonds. The van der Waals surface area contributed by atoms with Crippen molar-refractivity contribution in [2.45, 2.75) is 17.8 Å². The summed E-state index contributed by atoms with van der Waals surface area (Å²) >= 11 is 7.48. The fourth-order valence-corrected chi connectivity index (χ4v) is 4.77. The van der Waals surface area contributed by atoms with Crippen LogP contribution >= 0.6 is 23.4 Å². The number of halogens is 4. The van der Waals surface area contributed by atoms with Gasteiger partial charge < -0.3 is 0 Å². The molecule has 3 aromatic rings. The van der Waals surface area contributed by atoms with Gasteiger partial charge in [0.25, 0.3) is 0 Å². The zero-order valence-corrected chi connectivity index (χ0v) is 18.6. The van der Waals surface area contributed by atoms with E-state index in [2.05, 4.69) is 14.9 Å². The average molecular weight is 491 g/mol. The van der Waals surface area contributed by atoms with Gasteiger partial charge in [0, 0.05) is 11.3 Å². The summed E-state index contributed by atoms with van der Waals surface area (Å²) in [5, 5.41) is 8.99. The highest BCUT2D eigenvalue weighted by Gasteiger charge is 2.31. The number of aromatic nitrogens is 3. The molecule has 2 aromatic carbocycles. The first kappa shape index (κ1) is 23.6. The summed E-state index contributed by atoms with van der Waals surface area (Å²) in [6, 6.07) is 11.6. The quantitative estimate of drug-likeness (QED) is 0.368. The van der Waals surface area contributed by atoms with Gasteiger partial charge in [-0.3, -0.25) is 4.57 Å². The number of hydrogen-bond donors (Lipinski definition) is 1. The maximum atomic E-state index is 13.3. The van der Waals surface area contributed by atoms with Crippen LogP contribution in [0.5, 0.6) is 0 Å². The molecule has 12 heteroatoms. The summed E-state index contributed by atoms with van der Waals surface area (Å²) in [6.45, 7) is 0. The van der Waals surface area contributed by atoms with Crippen LogP contribution in [0.4, 0.5) is 13.2 Å². The lowest BCUT2D eigenvalue weighted by Gasteiger charge is -2.13. The lowest BCUT2D eigenvalue weighted by Crippen LogP contribution is -2.22. The minimum Gasteiger partial charge on any atom is -0.270 e. The van der Waals surface area contributed by atoms with Crippen LogP contribution in [-0.4, -0.2) is 41.7 Å². The Morgan fingerprint density at radius 2 is 1.87 bits per heavy atom. The summed E-state index contributed by atoms with van der Waals surface area (Å²) < 4.78 is 66.7. The molecule has 3 rings (SSSR count). The third kappa shape index (κ3) is 5.79. The third-order valence-corrected chi connectivity index (χ3v) is 7.07. The monoisotopic (exact) mass is 490 g/mol. The van der Waals surface area contributed by atoms with Crippen molar-refractivity contribution < 1.29 is 21.6 Å². The first-order valence-electron chi connectivity index (χ1n) is 9.04.